The molecular weight excluding hydrogens is 282 g/mol. The SMILES string of the molecule is CN(C)c1cnn(-c2ccc(C(=O)O)cc2)c(=O)c1Cl. The number of hydrogen-bond donors (Lipinski definition) is 1. The molecule has 0 atom stereocenters. The average Bonchev–Trinajstić information content (AvgIpc) is 2.41. The number of halogens is 1. The second-order valence-corrected chi connectivity index (χ2v) is 4.69. The fourth-order valence-electron chi connectivity index (χ4n) is 1.66. The van der Waals surface area contributed by atoms with E-state index in [1.54, 1.807) is 19.0 Å². The van der Waals surface area contributed by atoms with Crippen molar-refractivity contribution in [1.29, 1.82) is 0 Å². The van der Waals surface area contributed by atoms with Gasteiger partial charge < -0.3 is 10.0 Å². The number of anilines is 1. The van der Waals surface area contributed by atoms with Crippen LogP contribution in [0.15, 0.2) is 35.3 Å². The molecule has 104 valence electrons. The molecule has 0 spiro atoms. The topological polar surface area (TPSA) is 75.4 Å². The summed E-state index contributed by atoms with van der Waals surface area (Å²) in [7, 11) is 3.52. The van der Waals surface area contributed by atoms with Gasteiger partial charge in [0.25, 0.3) is 5.56 Å². The Hall–Kier alpha value is -2.34. The lowest BCUT2D eigenvalue weighted by atomic mass is 10.2. The van der Waals surface area contributed by atoms with Crippen LogP contribution in [0.25, 0.3) is 5.69 Å². The normalized spacial score (nSPS) is 10.3. The highest BCUT2D eigenvalue weighted by Crippen LogP contribution is 2.19. The van der Waals surface area contributed by atoms with Crippen LogP contribution in [0.4, 0.5) is 5.69 Å². The molecule has 0 aliphatic rings. The van der Waals surface area contributed by atoms with E-state index in [0.717, 1.165) is 4.68 Å². The van der Waals surface area contributed by atoms with Gasteiger partial charge in [-0.3, -0.25) is 4.79 Å². The second-order valence-electron chi connectivity index (χ2n) is 4.31. The van der Waals surface area contributed by atoms with Gasteiger partial charge in [-0.15, -0.1) is 0 Å². The van der Waals surface area contributed by atoms with Crippen molar-refractivity contribution < 1.29 is 9.90 Å². The highest BCUT2D eigenvalue weighted by Gasteiger charge is 2.12. The van der Waals surface area contributed by atoms with E-state index in [9.17, 15) is 9.59 Å². The molecule has 0 saturated carbocycles. The summed E-state index contributed by atoms with van der Waals surface area (Å²) in [5.41, 5.74) is 0.654. The Morgan fingerprint density at radius 2 is 1.90 bits per heavy atom. The number of aromatic carboxylic acids is 1. The summed E-state index contributed by atoms with van der Waals surface area (Å²) >= 11 is 6.02. The third kappa shape index (κ3) is 2.50. The van der Waals surface area contributed by atoms with Gasteiger partial charge in [-0.05, 0) is 24.3 Å². The zero-order valence-corrected chi connectivity index (χ0v) is 11.6. The maximum absolute atomic E-state index is 12.1. The summed E-state index contributed by atoms with van der Waals surface area (Å²) in [6.07, 6.45) is 1.48. The van der Waals surface area contributed by atoms with Gasteiger partial charge in [-0.2, -0.15) is 9.78 Å². The van der Waals surface area contributed by atoms with Gasteiger partial charge >= 0.3 is 5.97 Å². The fraction of sp³-hybridized carbons (Fsp3) is 0.154. The first-order chi connectivity index (χ1) is 9.41. The molecule has 1 N–H and O–H groups in total. The van der Waals surface area contributed by atoms with Crippen molar-refractivity contribution in [3.8, 4) is 5.69 Å². The van der Waals surface area contributed by atoms with Crippen LogP contribution in [0.2, 0.25) is 5.02 Å². The second kappa shape index (κ2) is 5.34. The smallest absolute Gasteiger partial charge is 0.335 e. The molecule has 1 aromatic heterocycles. The molecule has 6 nitrogen and oxygen atoms in total. The van der Waals surface area contributed by atoms with Crippen molar-refractivity contribution in [2.45, 2.75) is 0 Å². The Bertz CT molecular complexity index is 708. The summed E-state index contributed by atoms with van der Waals surface area (Å²) in [6, 6.07) is 5.81. The van der Waals surface area contributed by atoms with E-state index in [2.05, 4.69) is 5.10 Å². The Labute approximate surface area is 119 Å². The molecule has 1 aromatic carbocycles. The highest BCUT2D eigenvalue weighted by molar-refractivity contribution is 6.33. The van der Waals surface area contributed by atoms with Gasteiger partial charge in [0.05, 0.1) is 23.1 Å². The van der Waals surface area contributed by atoms with E-state index in [0.29, 0.717) is 11.4 Å². The van der Waals surface area contributed by atoms with Gasteiger partial charge in [0, 0.05) is 14.1 Å². The number of carboxylic acid groups (broad SMARTS) is 1. The minimum absolute atomic E-state index is 0.0623. The van der Waals surface area contributed by atoms with Crippen LogP contribution in [0.3, 0.4) is 0 Å². The summed E-state index contributed by atoms with van der Waals surface area (Å²) < 4.78 is 1.13. The zero-order chi connectivity index (χ0) is 14.9. The first-order valence-electron chi connectivity index (χ1n) is 5.70. The minimum atomic E-state index is -1.03. The molecule has 0 saturated heterocycles. The van der Waals surface area contributed by atoms with Crippen LogP contribution in [0.1, 0.15) is 10.4 Å². The first-order valence-corrected chi connectivity index (χ1v) is 6.08. The van der Waals surface area contributed by atoms with Gasteiger partial charge in [-0.1, -0.05) is 11.6 Å². The third-order valence-electron chi connectivity index (χ3n) is 2.74. The summed E-state index contributed by atoms with van der Waals surface area (Å²) in [5, 5.41) is 12.9. The number of carboxylic acids is 1. The van der Waals surface area contributed by atoms with Crippen LogP contribution in [0.5, 0.6) is 0 Å². The van der Waals surface area contributed by atoms with Crippen LogP contribution in [-0.4, -0.2) is 35.0 Å². The van der Waals surface area contributed by atoms with Gasteiger partial charge in [0.2, 0.25) is 0 Å². The van der Waals surface area contributed by atoms with Crippen LogP contribution in [0, 0.1) is 0 Å². The molecule has 2 rings (SSSR count). The molecule has 0 radical (unpaired) electrons. The Morgan fingerprint density at radius 1 is 1.30 bits per heavy atom. The highest BCUT2D eigenvalue weighted by atomic mass is 35.5. The standard InChI is InChI=1S/C13H12ClN3O3/c1-16(2)10-7-15-17(12(18)11(10)14)9-5-3-8(4-6-9)13(19)20/h3-7H,1-2H3,(H,19,20). The number of nitrogens with zero attached hydrogens (tertiary/aromatic N) is 3. The lowest BCUT2D eigenvalue weighted by Crippen LogP contribution is -2.24. The number of carbonyl (C=O) groups is 1. The van der Waals surface area contributed by atoms with E-state index < -0.39 is 11.5 Å². The number of aromatic nitrogens is 2. The Balaban J connectivity index is 2.51. The van der Waals surface area contributed by atoms with Crippen molar-refractivity contribution in [2.24, 2.45) is 0 Å². The van der Waals surface area contributed by atoms with Gasteiger partial charge in [0.15, 0.2) is 0 Å². The summed E-state index contributed by atoms with van der Waals surface area (Å²) in [4.78, 5) is 24.6. The van der Waals surface area contributed by atoms with Crippen molar-refractivity contribution in [3.05, 3.63) is 51.4 Å². The Morgan fingerprint density at radius 3 is 2.40 bits per heavy atom. The van der Waals surface area contributed by atoms with Gasteiger partial charge in [-0.25, -0.2) is 4.79 Å². The van der Waals surface area contributed by atoms with Crippen molar-refractivity contribution >= 4 is 23.3 Å². The van der Waals surface area contributed by atoms with Crippen LogP contribution < -0.4 is 10.5 Å². The third-order valence-corrected chi connectivity index (χ3v) is 3.10. The summed E-state index contributed by atoms with van der Waals surface area (Å²) in [6.45, 7) is 0. The molecule has 20 heavy (non-hydrogen) atoms. The lowest BCUT2D eigenvalue weighted by molar-refractivity contribution is 0.0697. The Kier molecular flexibility index (Phi) is 3.76. The molecule has 0 aliphatic carbocycles. The van der Waals surface area contributed by atoms with Crippen molar-refractivity contribution in [3.63, 3.8) is 0 Å². The molecule has 0 fully saturated rings. The average molecular weight is 294 g/mol. The molecule has 0 unspecified atom stereocenters. The van der Waals surface area contributed by atoms with E-state index in [1.807, 2.05) is 0 Å². The largest absolute Gasteiger partial charge is 0.478 e. The number of benzene rings is 1. The van der Waals surface area contributed by atoms with E-state index >= 15 is 0 Å². The van der Waals surface area contributed by atoms with E-state index in [4.69, 9.17) is 16.7 Å². The predicted octanol–water partition coefficient (Wildman–Crippen LogP) is 1.65. The maximum Gasteiger partial charge on any atom is 0.335 e. The maximum atomic E-state index is 12.1. The van der Waals surface area contributed by atoms with Crippen LogP contribution >= 0.6 is 11.6 Å². The van der Waals surface area contributed by atoms with Crippen LogP contribution in [-0.2, 0) is 0 Å². The monoisotopic (exact) mass is 293 g/mol. The number of rotatable bonds is 3. The fourth-order valence-corrected chi connectivity index (χ4v) is 1.96. The molecule has 7 heteroatoms. The molecule has 0 bridgehead atoms. The van der Waals surface area contributed by atoms with Crippen molar-refractivity contribution in [2.75, 3.05) is 19.0 Å². The molecule has 0 aliphatic heterocycles. The quantitative estimate of drug-likeness (QED) is 0.931. The van der Waals surface area contributed by atoms with E-state index in [-0.39, 0.29) is 10.6 Å². The van der Waals surface area contributed by atoms with E-state index in [1.165, 1.54) is 30.5 Å². The number of hydrogen-bond acceptors (Lipinski definition) is 4. The minimum Gasteiger partial charge on any atom is -0.478 e. The van der Waals surface area contributed by atoms with Crippen molar-refractivity contribution in [1.82, 2.24) is 9.78 Å². The molecular formula is C13H12ClN3O3. The zero-order valence-electron chi connectivity index (χ0n) is 10.9. The molecule has 0 amide bonds. The lowest BCUT2D eigenvalue weighted by Gasteiger charge is -2.14. The predicted molar refractivity (Wildman–Crippen MR) is 76.1 cm³/mol. The molecule has 1 heterocycles. The summed E-state index contributed by atoms with van der Waals surface area (Å²) in [5.74, 6) is -1.03. The first kappa shape index (κ1) is 14.1. The molecule has 2 aromatic rings. The van der Waals surface area contributed by atoms with Gasteiger partial charge in [0.1, 0.15) is 5.02 Å².